The lowest BCUT2D eigenvalue weighted by atomic mass is 10.1. The van der Waals surface area contributed by atoms with Gasteiger partial charge in [0.05, 0.1) is 11.3 Å². The van der Waals surface area contributed by atoms with Crippen LogP contribution in [0.4, 0.5) is 15.8 Å². The number of hydrogen-bond acceptors (Lipinski definition) is 2. The first-order valence-electron chi connectivity index (χ1n) is 5.91. The molecule has 0 radical (unpaired) electrons. The summed E-state index contributed by atoms with van der Waals surface area (Å²) in [4.78, 5) is 12.1. The van der Waals surface area contributed by atoms with Crippen LogP contribution in [0.1, 0.15) is 21.5 Å². The number of amides is 1. The third-order valence-electron chi connectivity index (χ3n) is 2.91. The van der Waals surface area contributed by atoms with Crippen LogP contribution in [0.15, 0.2) is 36.4 Å². The monoisotopic (exact) mass is 258 g/mol. The molecule has 3 N–H and O–H groups in total. The zero-order valence-corrected chi connectivity index (χ0v) is 10.8. The Kier molecular flexibility index (Phi) is 3.51. The smallest absolute Gasteiger partial charge is 0.257 e. The summed E-state index contributed by atoms with van der Waals surface area (Å²) in [6.45, 7) is 3.62. The van der Waals surface area contributed by atoms with E-state index in [0.717, 1.165) is 5.56 Å². The van der Waals surface area contributed by atoms with Crippen molar-refractivity contribution < 1.29 is 9.18 Å². The van der Waals surface area contributed by atoms with Gasteiger partial charge in [-0.2, -0.15) is 0 Å². The Hall–Kier alpha value is -2.36. The summed E-state index contributed by atoms with van der Waals surface area (Å²) < 4.78 is 13.6. The topological polar surface area (TPSA) is 55.1 Å². The molecule has 0 unspecified atom stereocenters. The Labute approximate surface area is 111 Å². The molecule has 2 rings (SSSR count). The lowest BCUT2D eigenvalue weighted by molar-refractivity contribution is 0.102. The van der Waals surface area contributed by atoms with Crippen molar-refractivity contribution in [2.75, 3.05) is 11.1 Å². The number of hydrogen-bond donors (Lipinski definition) is 2. The maximum Gasteiger partial charge on any atom is 0.257 e. The van der Waals surface area contributed by atoms with Gasteiger partial charge in [-0.05, 0) is 43.2 Å². The predicted molar refractivity (Wildman–Crippen MR) is 74.7 cm³/mol. The number of nitrogens with one attached hydrogen (secondary N) is 1. The van der Waals surface area contributed by atoms with Crippen LogP contribution in [0.5, 0.6) is 0 Å². The predicted octanol–water partition coefficient (Wildman–Crippen LogP) is 3.28. The van der Waals surface area contributed by atoms with Gasteiger partial charge in [-0.3, -0.25) is 4.79 Å². The number of halogens is 1. The van der Waals surface area contributed by atoms with Gasteiger partial charge in [0.1, 0.15) is 5.82 Å². The highest BCUT2D eigenvalue weighted by Gasteiger charge is 2.13. The fraction of sp³-hybridized carbons (Fsp3) is 0.133. The van der Waals surface area contributed by atoms with Gasteiger partial charge in [-0.1, -0.05) is 18.2 Å². The largest absolute Gasteiger partial charge is 0.398 e. The second-order valence-corrected chi connectivity index (χ2v) is 4.48. The summed E-state index contributed by atoms with van der Waals surface area (Å²) in [7, 11) is 0. The number of aryl methyl sites for hydroxylation is 2. The molecule has 0 saturated carbocycles. The molecule has 0 fully saturated rings. The highest BCUT2D eigenvalue weighted by Crippen LogP contribution is 2.21. The molecule has 3 nitrogen and oxygen atoms in total. The molecule has 0 aliphatic rings. The Balaban J connectivity index is 2.31. The average molecular weight is 258 g/mol. The Morgan fingerprint density at radius 3 is 2.58 bits per heavy atom. The summed E-state index contributed by atoms with van der Waals surface area (Å²) in [6.07, 6.45) is 0. The average Bonchev–Trinajstić information content (AvgIpc) is 2.33. The number of anilines is 2. The Morgan fingerprint density at radius 2 is 1.95 bits per heavy atom. The summed E-state index contributed by atoms with van der Waals surface area (Å²) in [6, 6.07) is 9.78. The van der Waals surface area contributed by atoms with Crippen LogP contribution >= 0.6 is 0 Å². The molecule has 1 amide bonds. The molecule has 0 saturated heterocycles. The van der Waals surface area contributed by atoms with E-state index < -0.39 is 11.7 Å². The van der Waals surface area contributed by atoms with E-state index in [2.05, 4.69) is 5.32 Å². The molecule has 0 aliphatic carbocycles. The number of para-hydroxylation sites is 1. The van der Waals surface area contributed by atoms with Gasteiger partial charge < -0.3 is 11.1 Å². The molecule has 98 valence electrons. The maximum atomic E-state index is 13.6. The maximum absolute atomic E-state index is 13.6. The molecule has 0 aromatic heterocycles. The second kappa shape index (κ2) is 5.10. The first-order valence-corrected chi connectivity index (χ1v) is 5.91. The zero-order valence-electron chi connectivity index (χ0n) is 10.8. The van der Waals surface area contributed by atoms with E-state index in [1.54, 1.807) is 37.3 Å². The minimum absolute atomic E-state index is 0.187. The summed E-state index contributed by atoms with van der Waals surface area (Å²) in [5.74, 6) is -0.871. The molecule has 4 heteroatoms. The lowest BCUT2D eigenvalue weighted by Crippen LogP contribution is -2.15. The minimum Gasteiger partial charge on any atom is -0.398 e. The van der Waals surface area contributed by atoms with Gasteiger partial charge in [0.25, 0.3) is 5.91 Å². The van der Waals surface area contributed by atoms with Gasteiger partial charge in [0.2, 0.25) is 0 Å². The van der Waals surface area contributed by atoms with Gasteiger partial charge in [0.15, 0.2) is 0 Å². The number of nitrogen functional groups attached to an aromatic ring is 1. The molecule has 0 aliphatic heterocycles. The van der Waals surface area contributed by atoms with Crippen LogP contribution in [0.2, 0.25) is 0 Å². The van der Waals surface area contributed by atoms with Crippen molar-refractivity contribution in [2.24, 2.45) is 0 Å². The highest BCUT2D eigenvalue weighted by molar-refractivity contribution is 6.08. The third-order valence-corrected chi connectivity index (χ3v) is 2.91. The molecule has 0 heterocycles. The number of benzene rings is 2. The molecule has 19 heavy (non-hydrogen) atoms. The van der Waals surface area contributed by atoms with E-state index in [9.17, 15) is 9.18 Å². The van der Waals surface area contributed by atoms with Crippen LogP contribution < -0.4 is 11.1 Å². The number of rotatable bonds is 2. The van der Waals surface area contributed by atoms with Crippen LogP contribution in [0.3, 0.4) is 0 Å². The normalized spacial score (nSPS) is 10.3. The van der Waals surface area contributed by atoms with Crippen molar-refractivity contribution in [2.45, 2.75) is 13.8 Å². The number of nitrogens with two attached hydrogens (primary N) is 1. The van der Waals surface area contributed by atoms with Crippen LogP contribution in [0, 0.1) is 19.7 Å². The summed E-state index contributed by atoms with van der Waals surface area (Å²) >= 11 is 0. The van der Waals surface area contributed by atoms with E-state index >= 15 is 0 Å². The van der Waals surface area contributed by atoms with Crippen LogP contribution in [0.25, 0.3) is 0 Å². The molecule has 2 aromatic rings. The van der Waals surface area contributed by atoms with Crippen molar-refractivity contribution in [1.29, 1.82) is 0 Å². The molecule has 2 aromatic carbocycles. The SMILES string of the molecule is Cc1ccc(C(=O)Nc2c(C)cccc2F)c(N)c1. The van der Waals surface area contributed by atoms with Gasteiger partial charge in [0, 0.05) is 5.69 Å². The lowest BCUT2D eigenvalue weighted by Gasteiger charge is -2.11. The van der Waals surface area contributed by atoms with Crippen molar-refractivity contribution in [3.63, 3.8) is 0 Å². The third kappa shape index (κ3) is 2.73. The highest BCUT2D eigenvalue weighted by atomic mass is 19.1. The fourth-order valence-electron chi connectivity index (χ4n) is 1.86. The molecular weight excluding hydrogens is 243 g/mol. The first-order chi connectivity index (χ1) is 8.99. The summed E-state index contributed by atoms with van der Waals surface area (Å²) in [5, 5.41) is 2.56. The van der Waals surface area contributed by atoms with E-state index in [0.29, 0.717) is 16.8 Å². The van der Waals surface area contributed by atoms with Gasteiger partial charge in [-0.25, -0.2) is 4.39 Å². The Bertz CT molecular complexity index is 618. The van der Waals surface area contributed by atoms with Crippen molar-refractivity contribution in [3.8, 4) is 0 Å². The number of carbonyl (C=O) groups excluding carboxylic acids is 1. The van der Waals surface area contributed by atoms with Gasteiger partial charge in [-0.15, -0.1) is 0 Å². The standard InChI is InChI=1S/C15H15FN2O/c1-9-6-7-11(13(17)8-9)15(19)18-14-10(2)4-3-5-12(14)16/h3-8H,17H2,1-2H3,(H,18,19). The molecule has 0 atom stereocenters. The number of carbonyl (C=O) groups is 1. The Morgan fingerprint density at radius 1 is 1.21 bits per heavy atom. The van der Waals surface area contributed by atoms with E-state index in [-0.39, 0.29) is 5.69 Å². The molecule has 0 spiro atoms. The van der Waals surface area contributed by atoms with E-state index in [1.807, 2.05) is 6.92 Å². The van der Waals surface area contributed by atoms with E-state index in [1.165, 1.54) is 6.07 Å². The molecular formula is C15H15FN2O. The molecule has 0 bridgehead atoms. The van der Waals surface area contributed by atoms with Crippen LogP contribution in [-0.4, -0.2) is 5.91 Å². The van der Waals surface area contributed by atoms with E-state index in [4.69, 9.17) is 5.73 Å². The van der Waals surface area contributed by atoms with Crippen molar-refractivity contribution >= 4 is 17.3 Å². The van der Waals surface area contributed by atoms with Crippen LogP contribution in [-0.2, 0) is 0 Å². The quantitative estimate of drug-likeness (QED) is 0.812. The second-order valence-electron chi connectivity index (χ2n) is 4.48. The first kappa shape index (κ1) is 13.1. The van der Waals surface area contributed by atoms with Crippen molar-refractivity contribution in [1.82, 2.24) is 0 Å². The minimum atomic E-state index is -0.459. The summed E-state index contributed by atoms with van der Waals surface area (Å²) in [5.41, 5.74) is 8.34. The fourth-order valence-corrected chi connectivity index (χ4v) is 1.86. The zero-order chi connectivity index (χ0) is 14.0. The van der Waals surface area contributed by atoms with Gasteiger partial charge >= 0.3 is 0 Å². The van der Waals surface area contributed by atoms with Crippen molar-refractivity contribution in [3.05, 3.63) is 58.9 Å².